The zero-order valence-electron chi connectivity index (χ0n) is 21.7. The first-order valence-electron chi connectivity index (χ1n) is 14.0. The summed E-state index contributed by atoms with van der Waals surface area (Å²) in [5.41, 5.74) is 1.65. The van der Waals surface area contributed by atoms with E-state index in [0.717, 1.165) is 25.1 Å². The van der Waals surface area contributed by atoms with Gasteiger partial charge in [-0.2, -0.15) is 0 Å². The molecular weight excluding hydrogens is 482 g/mol. The summed E-state index contributed by atoms with van der Waals surface area (Å²) in [4.78, 5) is 43.0. The third-order valence-corrected chi connectivity index (χ3v) is 8.43. The Hall–Kier alpha value is -3.55. The summed E-state index contributed by atoms with van der Waals surface area (Å²) in [5.74, 6) is 1.45. The molecule has 8 heteroatoms. The second kappa shape index (κ2) is 10.7. The van der Waals surface area contributed by atoms with E-state index < -0.39 is 6.10 Å². The molecule has 8 nitrogen and oxygen atoms in total. The second-order valence-electron chi connectivity index (χ2n) is 10.9. The molecule has 1 saturated carbocycles. The Balaban J connectivity index is 1.08. The third-order valence-electron chi connectivity index (χ3n) is 8.43. The molecule has 3 heterocycles. The van der Waals surface area contributed by atoms with Crippen molar-refractivity contribution in [2.45, 2.75) is 51.0 Å². The molecule has 1 aliphatic carbocycles. The highest BCUT2D eigenvalue weighted by Gasteiger charge is 2.41. The number of nitrogens with one attached hydrogen (secondary N) is 1. The van der Waals surface area contributed by atoms with Gasteiger partial charge in [0.1, 0.15) is 6.61 Å². The lowest BCUT2D eigenvalue weighted by atomic mass is 9.89. The van der Waals surface area contributed by atoms with E-state index >= 15 is 0 Å². The van der Waals surface area contributed by atoms with Crippen molar-refractivity contribution in [1.82, 2.24) is 10.2 Å². The van der Waals surface area contributed by atoms with E-state index in [2.05, 4.69) is 10.2 Å². The van der Waals surface area contributed by atoms with Gasteiger partial charge in [0.05, 0.1) is 23.4 Å². The molecule has 1 unspecified atom stereocenters. The summed E-state index contributed by atoms with van der Waals surface area (Å²) in [5, 5.41) is 3.20. The number of ether oxygens (including phenoxy) is 2. The van der Waals surface area contributed by atoms with E-state index in [0.29, 0.717) is 41.6 Å². The van der Waals surface area contributed by atoms with Crippen LogP contribution in [0.2, 0.25) is 0 Å². The Labute approximate surface area is 223 Å². The number of amides is 3. The van der Waals surface area contributed by atoms with E-state index in [-0.39, 0.29) is 36.8 Å². The number of rotatable bonds is 6. The van der Waals surface area contributed by atoms with Gasteiger partial charge in [0, 0.05) is 25.6 Å². The minimum absolute atomic E-state index is 0.00763. The maximum absolute atomic E-state index is 13.5. The number of benzene rings is 2. The number of carbonyl (C=O) groups excluding carboxylic acids is 3. The van der Waals surface area contributed by atoms with Crippen LogP contribution in [0.4, 0.5) is 5.69 Å². The maximum atomic E-state index is 13.5. The van der Waals surface area contributed by atoms with E-state index in [9.17, 15) is 14.4 Å². The standard InChI is InChI=1S/C30H35N3O5/c34-28(31-17-20-7-2-1-3-8-20)21-13-15-32(16-14-21)24-10-6-9-23-27(24)30(36)33(29(23)35)18-22-19-37-25-11-4-5-12-26(25)38-22/h4-6,9-12,20-22H,1-3,7-8,13-19H2,(H,31,34). The number of hydrogen-bond acceptors (Lipinski definition) is 6. The number of anilines is 1. The van der Waals surface area contributed by atoms with Crippen LogP contribution < -0.4 is 19.7 Å². The Bertz CT molecular complexity index is 1220. The quantitative estimate of drug-likeness (QED) is 0.582. The van der Waals surface area contributed by atoms with Crippen LogP contribution in [0, 0.1) is 11.8 Å². The summed E-state index contributed by atoms with van der Waals surface area (Å²) >= 11 is 0. The van der Waals surface area contributed by atoms with Gasteiger partial charge in [-0.05, 0) is 55.9 Å². The van der Waals surface area contributed by atoms with Gasteiger partial charge in [-0.15, -0.1) is 0 Å². The molecule has 2 fully saturated rings. The number of imide groups is 1. The smallest absolute Gasteiger partial charge is 0.263 e. The van der Waals surface area contributed by atoms with E-state index in [1.54, 1.807) is 6.07 Å². The predicted molar refractivity (Wildman–Crippen MR) is 143 cm³/mol. The van der Waals surface area contributed by atoms with Crippen LogP contribution in [0.15, 0.2) is 42.5 Å². The van der Waals surface area contributed by atoms with Gasteiger partial charge in [0.25, 0.3) is 11.8 Å². The molecule has 200 valence electrons. The lowest BCUT2D eigenvalue weighted by Crippen LogP contribution is -2.44. The van der Waals surface area contributed by atoms with Crippen LogP contribution in [0.5, 0.6) is 11.5 Å². The van der Waals surface area contributed by atoms with Gasteiger partial charge in [0.15, 0.2) is 17.6 Å². The summed E-state index contributed by atoms with van der Waals surface area (Å²) in [6.45, 7) is 2.54. The summed E-state index contributed by atoms with van der Waals surface area (Å²) < 4.78 is 11.8. The Morgan fingerprint density at radius 1 is 0.895 bits per heavy atom. The molecule has 3 aliphatic heterocycles. The lowest BCUT2D eigenvalue weighted by Gasteiger charge is -2.34. The summed E-state index contributed by atoms with van der Waals surface area (Å²) in [7, 11) is 0. The van der Waals surface area contributed by atoms with Crippen molar-refractivity contribution in [2.24, 2.45) is 11.8 Å². The van der Waals surface area contributed by atoms with Crippen molar-refractivity contribution in [2.75, 3.05) is 37.7 Å². The fourth-order valence-corrected chi connectivity index (χ4v) is 6.26. The van der Waals surface area contributed by atoms with Crippen molar-refractivity contribution >= 4 is 23.4 Å². The molecule has 38 heavy (non-hydrogen) atoms. The van der Waals surface area contributed by atoms with Crippen molar-refractivity contribution in [1.29, 1.82) is 0 Å². The van der Waals surface area contributed by atoms with Crippen molar-refractivity contribution < 1.29 is 23.9 Å². The number of nitrogens with zero attached hydrogens (tertiary/aromatic N) is 2. The fourth-order valence-electron chi connectivity index (χ4n) is 6.26. The van der Waals surface area contributed by atoms with Gasteiger partial charge in [-0.3, -0.25) is 19.3 Å². The molecule has 2 aromatic rings. The fraction of sp³-hybridized carbons (Fsp3) is 0.500. The first-order valence-corrected chi connectivity index (χ1v) is 14.0. The van der Waals surface area contributed by atoms with E-state index in [4.69, 9.17) is 9.47 Å². The Morgan fingerprint density at radius 2 is 1.66 bits per heavy atom. The highest BCUT2D eigenvalue weighted by atomic mass is 16.6. The third kappa shape index (κ3) is 4.84. The highest BCUT2D eigenvalue weighted by molar-refractivity contribution is 6.23. The van der Waals surface area contributed by atoms with Gasteiger partial charge < -0.3 is 19.7 Å². The van der Waals surface area contributed by atoms with Crippen molar-refractivity contribution in [3.8, 4) is 11.5 Å². The Kier molecular flexibility index (Phi) is 6.96. The minimum atomic E-state index is -0.432. The second-order valence-corrected chi connectivity index (χ2v) is 10.9. The molecule has 1 N–H and O–H groups in total. The molecule has 0 radical (unpaired) electrons. The van der Waals surface area contributed by atoms with Crippen molar-refractivity contribution in [3.05, 3.63) is 53.6 Å². The van der Waals surface area contributed by atoms with Crippen LogP contribution in [-0.2, 0) is 4.79 Å². The molecule has 2 aromatic carbocycles. The molecule has 6 rings (SSSR count). The largest absolute Gasteiger partial charge is 0.486 e. The number of carbonyl (C=O) groups is 3. The summed E-state index contributed by atoms with van der Waals surface area (Å²) in [6, 6.07) is 12.9. The SMILES string of the molecule is O=C(NCC1CCCCC1)C1CCN(c2cccc3c2C(=O)N(CC2COc4ccccc4O2)C3=O)CC1. The minimum Gasteiger partial charge on any atom is -0.486 e. The molecule has 0 bridgehead atoms. The number of hydrogen-bond donors (Lipinski definition) is 1. The number of para-hydroxylation sites is 2. The summed E-state index contributed by atoms with van der Waals surface area (Å²) in [6.07, 6.45) is 7.33. The number of fused-ring (bicyclic) bond motifs is 2. The first kappa shape index (κ1) is 24.8. The average molecular weight is 518 g/mol. The van der Waals surface area contributed by atoms with Crippen LogP contribution in [0.1, 0.15) is 65.7 Å². The molecule has 4 aliphatic rings. The van der Waals surface area contributed by atoms with E-state index in [1.165, 1.54) is 37.0 Å². The molecule has 0 aromatic heterocycles. The zero-order chi connectivity index (χ0) is 26.1. The first-order chi connectivity index (χ1) is 18.6. The Morgan fingerprint density at radius 3 is 2.45 bits per heavy atom. The highest BCUT2D eigenvalue weighted by Crippen LogP contribution is 2.36. The normalized spacial score (nSPS) is 21.9. The topological polar surface area (TPSA) is 88.2 Å². The van der Waals surface area contributed by atoms with Gasteiger partial charge in [-0.25, -0.2) is 0 Å². The van der Waals surface area contributed by atoms with Crippen LogP contribution >= 0.6 is 0 Å². The number of piperidine rings is 1. The van der Waals surface area contributed by atoms with Gasteiger partial charge in [-0.1, -0.05) is 37.5 Å². The molecule has 1 saturated heterocycles. The molecular formula is C30H35N3O5. The van der Waals surface area contributed by atoms with Crippen LogP contribution in [-0.4, -0.2) is 61.5 Å². The van der Waals surface area contributed by atoms with Crippen LogP contribution in [0.3, 0.4) is 0 Å². The van der Waals surface area contributed by atoms with Crippen LogP contribution in [0.25, 0.3) is 0 Å². The average Bonchev–Trinajstić information content (AvgIpc) is 3.21. The van der Waals surface area contributed by atoms with Crippen molar-refractivity contribution in [3.63, 3.8) is 0 Å². The predicted octanol–water partition coefficient (Wildman–Crippen LogP) is 4.04. The molecule has 0 spiro atoms. The van der Waals surface area contributed by atoms with E-state index in [1.807, 2.05) is 36.4 Å². The van der Waals surface area contributed by atoms with Gasteiger partial charge in [0.2, 0.25) is 5.91 Å². The monoisotopic (exact) mass is 517 g/mol. The maximum Gasteiger partial charge on any atom is 0.263 e. The molecule has 3 amide bonds. The lowest BCUT2D eigenvalue weighted by molar-refractivity contribution is -0.125. The zero-order valence-corrected chi connectivity index (χ0v) is 21.7. The van der Waals surface area contributed by atoms with Gasteiger partial charge >= 0.3 is 0 Å². The molecule has 1 atom stereocenters.